The van der Waals surface area contributed by atoms with Gasteiger partial charge in [0.1, 0.15) is 5.75 Å². The summed E-state index contributed by atoms with van der Waals surface area (Å²) in [5.41, 5.74) is 1.95. The standard InChI is InChI=1S/C14H22O4/c1-12-4-5-14(13(10-12)11-15)18-7-3-6-17-9-8-16-2/h4-5,10,15H,3,6-9,11H2,1-2H3. The summed E-state index contributed by atoms with van der Waals surface area (Å²) in [6.07, 6.45) is 0.822. The first-order chi connectivity index (χ1) is 8.77. The third-order valence-electron chi connectivity index (χ3n) is 2.51. The predicted octanol–water partition coefficient (Wildman–Crippen LogP) is 1.92. The number of hydrogen-bond donors (Lipinski definition) is 1. The average molecular weight is 254 g/mol. The van der Waals surface area contributed by atoms with Crippen LogP contribution in [0.15, 0.2) is 18.2 Å². The van der Waals surface area contributed by atoms with Crippen LogP contribution in [-0.4, -0.2) is 38.6 Å². The van der Waals surface area contributed by atoms with E-state index in [0.29, 0.717) is 26.4 Å². The van der Waals surface area contributed by atoms with Gasteiger partial charge in [-0.3, -0.25) is 0 Å². The smallest absolute Gasteiger partial charge is 0.124 e. The first kappa shape index (κ1) is 15.0. The highest BCUT2D eigenvalue weighted by Gasteiger charge is 2.02. The summed E-state index contributed by atoms with van der Waals surface area (Å²) in [5, 5.41) is 9.22. The van der Waals surface area contributed by atoms with E-state index in [4.69, 9.17) is 14.2 Å². The molecular formula is C14H22O4. The fourth-order valence-corrected chi connectivity index (χ4v) is 1.56. The van der Waals surface area contributed by atoms with E-state index in [-0.39, 0.29) is 6.61 Å². The number of aryl methyl sites for hydroxylation is 1. The van der Waals surface area contributed by atoms with Crippen molar-refractivity contribution in [2.75, 3.05) is 33.5 Å². The fraction of sp³-hybridized carbons (Fsp3) is 0.571. The van der Waals surface area contributed by atoms with Crippen LogP contribution in [0.25, 0.3) is 0 Å². The molecule has 0 fully saturated rings. The van der Waals surface area contributed by atoms with Gasteiger partial charge in [0.25, 0.3) is 0 Å². The lowest BCUT2D eigenvalue weighted by Crippen LogP contribution is -2.07. The molecule has 0 spiro atoms. The minimum Gasteiger partial charge on any atom is -0.493 e. The highest BCUT2D eigenvalue weighted by atomic mass is 16.5. The lowest BCUT2D eigenvalue weighted by Gasteiger charge is -2.11. The van der Waals surface area contributed by atoms with E-state index < -0.39 is 0 Å². The Bertz CT molecular complexity index is 339. The number of methoxy groups -OCH3 is 1. The van der Waals surface area contributed by atoms with Crippen LogP contribution >= 0.6 is 0 Å². The zero-order chi connectivity index (χ0) is 13.2. The summed E-state index contributed by atoms with van der Waals surface area (Å²) in [7, 11) is 1.65. The van der Waals surface area contributed by atoms with Crippen molar-refractivity contribution in [3.05, 3.63) is 29.3 Å². The van der Waals surface area contributed by atoms with Gasteiger partial charge in [0.2, 0.25) is 0 Å². The Hall–Kier alpha value is -1.10. The maximum absolute atomic E-state index is 9.22. The lowest BCUT2D eigenvalue weighted by molar-refractivity contribution is 0.0643. The molecule has 4 heteroatoms. The van der Waals surface area contributed by atoms with Crippen LogP contribution in [0.1, 0.15) is 17.5 Å². The van der Waals surface area contributed by atoms with Crippen LogP contribution < -0.4 is 4.74 Å². The van der Waals surface area contributed by atoms with Crippen LogP contribution in [0.2, 0.25) is 0 Å². The molecule has 0 aliphatic carbocycles. The SMILES string of the molecule is COCCOCCCOc1ccc(C)cc1CO. The molecule has 0 bridgehead atoms. The zero-order valence-electron chi connectivity index (χ0n) is 11.1. The Morgan fingerprint density at radius 2 is 1.94 bits per heavy atom. The molecule has 0 atom stereocenters. The molecule has 18 heavy (non-hydrogen) atoms. The Labute approximate surface area is 108 Å². The molecule has 0 radical (unpaired) electrons. The van der Waals surface area contributed by atoms with Gasteiger partial charge in [0, 0.05) is 25.7 Å². The van der Waals surface area contributed by atoms with Crippen molar-refractivity contribution < 1.29 is 19.3 Å². The quantitative estimate of drug-likeness (QED) is 0.684. The summed E-state index contributed by atoms with van der Waals surface area (Å²) >= 11 is 0. The zero-order valence-corrected chi connectivity index (χ0v) is 11.1. The third-order valence-corrected chi connectivity index (χ3v) is 2.51. The van der Waals surface area contributed by atoms with Crippen molar-refractivity contribution in [3.63, 3.8) is 0 Å². The number of hydrogen-bond acceptors (Lipinski definition) is 4. The average Bonchev–Trinajstić information content (AvgIpc) is 2.39. The Morgan fingerprint density at radius 3 is 2.67 bits per heavy atom. The largest absolute Gasteiger partial charge is 0.493 e. The Kier molecular flexibility index (Phi) is 7.41. The van der Waals surface area contributed by atoms with Crippen LogP contribution in [0.3, 0.4) is 0 Å². The van der Waals surface area contributed by atoms with Crippen LogP contribution in [-0.2, 0) is 16.1 Å². The molecule has 1 rings (SSSR count). The van der Waals surface area contributed by atoms with Gasteiger partial charge in [0.15, 0.2) is 0 Å². The van der Waals surface area contributed by atoms with Crippen molar-refractivity contribution in [2.24, 2.45) is 0 Å². The molecule has 0 aliphatic rings. The van der Waals surface area contributed by atoms with Gasteiger partial charge in [0.05, 0.1) is 26.4 Å². The second-order valence-electron chi connectivity index (χ2n) is 4.08. The van der Waals surface area contributed by atoms with E-state index in [1.165, 1.54) is 0 Å². The minimum atomic E-state index is 0.00134. The van der Waals surface area contributed by atoms with Gasteiger partial charge in [-0.05, 0) is 13.0 Å². The molecule has 1 aromatic rings. The molecule has 0 amide bonds. The molecule has 0 unspecified atom stereocenters. The van der Waals surface area contributed by atoms with E-state index in [9.17, 15) is 5.11 Å². The van der Waals surface area contributed by atoms with Crippen molar-refractivity contribution in [3.8, 4) is 5.75 Å². The van der Waals surface area contributed by atoms with Gasteiger partial charge in [-0.2, -0.15) is 0 Å². The monoisotopic (exact) mass is 254 g/mol. The molecule has 1 aromatic carbocycles. The summed E-state index contributed by atoms with van der Waals surface area (Å²) in [5.74, 6) is 0.750. The van der Waals surface area contributed by atoms with E-state index in [1.54, 1.807) is 7.11 Å². The lowest BCUT2D eigenvalue weighted by atomic mass is 10.1. The van der Waals surface area contributed by atoms with Crippen LogP contribution in [0, 0.1) is 6.92 Å². The highest BCUT2D eigenvalue weighted by molar-refractivity contribution is 5.36. The summed E-state index contributed by atoms with van der Waals surface area (Å²) in [4.78, 5) is 0. The van der Waals surface area contributed by atoms with Crippen molar-refractivity contribution in [1.29, 1.82) is 0 Å². The maximum atomic E-state index is 9.22. The first-order valence-corrected chi connectivity index (χ1v) is 6.17. The number of aliphatic hydroxyl groups excluding tert-OH is 1. The summed E-state index contributed by atoms with van der Waals surface area (Å²) in [6, 6.07) is 5.81. The number of aliphatic hydroxyl groups is 1. The molecule has 4 nitrogen and oxygen atoms in total. The first-order valence-electron chi connectivity index (χ1n) is 6.17. The molecule has 102 valence electrons. The third kappa shape index (κ3) is 5.49. The van der Waals surface area contributed by atoms with E-state index in [0.717, 1.165) is 23.3 Å². The van der Waals surface area contributed by atoms with E-state index in [1.807, 2.05) is 25.1 Å². The number of ether oxygens (including phenoxy) is 3. The normalized spacial score (nSPS) is 10.6. The van der Waals surface area contributed by atoms with Crippen LogP contribution in [0.4, 0.5) is 0 Å². The Morgan fingerprint density at radius 1 is 1.11 bits per heavy atom. The topological polar surface area (TPSA) is 47.9 Å². The summed E-state index contributed by atoms with van der Waals surface area (Å²) in [6.45, 7) is 4.47. The summed E-state index contributed by atoms with van der Waals surface area (Å²) < 4.78 is 15.8. The van der Waals surface area contributed by atoms with Crippen molar-refractivity contribution in [2.45, 2.75) is 20.0 Å². The van der Waals surface area contributed by atoms with Crippen molar-refractivity contribution >= 4 is 0 Å². The van der Waals surface area contributed by atoms with Gasteiger partial charge in [-0.1, -0.05) is 17.7 Å². The number of rotatable bonds is 9. The molecule has 0 aliphatic heterocycles. The van der Waals surface area contributed by atoms with Gasteiger partial charge in [-0.15, -0.1) is 0 Å². The molecule has 0 heterocycles. The van der Waals surface area contributed by atoms with Gasteiger partial charge in [-0.25, -0.2) is 0 Å². The second-order valence-corrected chi connectivity index (χ2v) is 4.08. The molecule has 0 saturated carbocycles. The number of benzene rings is 1. The maximum Gasteiger partial charge on any atom is 0.124 e. The highest BCUT2D eigenvalue weighted by Crippen LogP contribution is 2.20. The van der Waals surface area contributed by atoms with Crippen LogP contribution in [0.5, 0.6) is 5.75 Å². The minimum absolute atomic E-state index is 0.00134. The van der Waals surface area contributed by atoms with E-state index in [2.05, 4.69) is 0 Å². The van der Waals surface area contributed by atoms with Crippen molar-refractivity contribution in [1.82, 2.24) is 0 Å². The fourth-order valence-electron chi connectivity index (χ4n) is 1.56. The second kappa shape index (κ2) is 8.91. The Balaban J connectivity index is 2.22. The van der Waals surface area contributed by atoms with E-state index >= 15 is 0 Å². The predicted molar refractivity (Wildman–Crippen MR) is 69.9 cm³/mol. The molecule has 0 saturated heterocycles. The molecular weight excluding hydrogens is 232 g/mol. The van der Waals surface area contributed by atoms with Gasteiger partial charge >= 0.3 is 0 Å². The molecule has 0 aromatic heterocycles. The molecule has 1 N–H and O–H groups in total. The van der Waals surface area contributed by atoms with Gasteiger partial charge < -0.3 is 19.3 Å².